The summed E-state index contributed by atoms with van der Waals surface area (Å²) < 4.78 is 16.1. The van der Waals surface area contributed by atoms with Crippen molar-refractivity contribution in [3.05, 3.63) is 47.5 Å². The zero-order chi connectivity index (χ0) is 20.8. The molecule has 0 unspecified atom stereocenters. The first kappa shape index (κ1) is 24.2. The van der Waals surface area contributed by atoms with Gasteiger partial charge in [-0.25, -0.2) is 0 Å². The highest BCUT2D eigenvalue weighted by atomic mass is 35.5. The lowest BCUT2D eigenvalue weighted by Gasteiger charge is -2.35. The first-order chi connectivity index (χ1) is 14.1. The summed E-state index contributed by atoms with van der Waals surface area (Å²) in [5.41, 5.74) is 1.84. The maximum Gasteiger partial charge on any atom is 0.254 e. The molecule has 0 aromatic heterocycles. The average Bonchev–Trinajstić information content (AvgIpc) is 2.78. The van der Waals surface area contributed by atoms with E-state index in [9.17, 15) is 4.79 Å². The molecule has 2 aromatic carbocycles. The molecule has 2 aromatic rings. The molecule has 30 heavy (non-hydrogen) atoms. The molecule has 6 nitrogen and oxygen atoms in total. The molecule has 0 N–H and O–H groups in total. The molecule has 164 valence electrons. The Balaban J connectivity index is 0.00000320. The predicted octanol–water partition coefficient (Wildman–Crippen LogP) is 3.81. The van der Waals surface area contributed by atoms with Gasteiger partial charge >= 0.3 is 0 Å². The number of benzene rings is 2. The van der Waals surface area contributed by atoms with Gasteiger partial charge in [0.2, 0.25) is 5.75 Å². The zero-order valence-electron chi connectivity index (χ0n) is 17.8. The van der Waals surface area contributed by atoms with Crippen molar-refractivity contribution in [1.29, 1.82) is 0 Å². The van der Waals surface area contributed by atoms with Gasteiger partial charge in [-0.3, -0.25) is 9.69 Å². The fraction of sp³-hybridized carbons (Fsp3) is 0.409. The molecule has 1 aliphatic heterocycles. The normalized spacial score (nSPS) is 14.1. The van der Waals surface area contributed by atoms with Gasteiger partial charge in [-0.1, -0.05) is 12.1 Å². The monoisotopic (exact) mass is 452 g/mol. The van der Waals surface area contributed by atoms with E-state index >= 15 is 0 Å². The number of piperazine rings is 1. The highest BCUT2D eigenvalue weighted by Crippen LogP contribution is 2.38. The highest BCUT2D eigenvalue weighted by Gasteiger charge is 2.24. The molecule has 8 heteroatoms. The van der Waals surface area contributed by atoms with Gasteiger partial charge in [0.15, 0.2) is 11.5 Å². The van der Waals surface area contributed by atoms with Crippen LogP contribution in [0.4, 0.5) is 0 Å². The second-order valence-electron chi connectivity index (χ2n) is 6.83. The lowest BCUT2D eigenvalue weighted by molar-refractivity contribution is 0.0627. The third-order valence-electron chi connectivity index (χ3n) is 5.14. The summed E-state index contributed by atoms with van der Waals surface area (Å²) >= 11 is 1.75. The number of thioether (sulfide) groups is 1. The number of amides is 1. The van der Waals surface area contributed by atoms with Gasteiger partial charge in [-0.2, -0.15) is 0 Å². The first-order valence-corrected chi connectivity index (χ1v) is 10.8. The molecule has 0 atom stereocenters. The number of rotatable bonds is 7. The lowest BCUT2D eigenvalue weighted by Crippen LogP contribution is -2.48. The van der Waals surface area contributed by atoms with Crippen LogP contribution in [0.15, 0.2) is 41.3 Å². The van der Waals surface area contributed by atoms with Crippen LogP contribution in [0.2, 0.25) is 0 Å². The molecule has 1 heterocycles. The third kappa shape index (κ3) is 5.53. The Hall–Kier alpha value is -2.09. The van der Waals surface area contributed by atoms with Crippen LogP contribution >= 0.6 is 24.2 Å². The quantitative estimate of drug-likeness (QED) is 0.595. The van der Waals surface area contributed by atoms with E-state index in [0.29, 0.717) is 35.9 Å². The highest BCUT2D eigenvalue weighted by molar-refractivity contribution is 7.98. The number of carbonyl (C=O) groups excluding carboxylic acids is 1. The second kappa shape index (κ2) is 11.3. The summed E-state index contributed by atoms with van der Waals surface area (Å²) in [4.78, 5) is 18.6. The van der Waals surface area contributed by atoms with Crippen molar-refractivity contribution < 1.29 is 19.0 Å². The molecule has 1 amide bonds. The molecule has 1 saturated heterocycles. The standard InChI is InChI=1S/C22H28N2O4S.ClH/c1-26-19-13-17(14-20(27-2)21(19)28-3)22(25)24-11-9-23(10-12-24)15-16-5-7-18(29-4)8-6-16;/h5-8,13-14H,9-12,15H2,1-4H3;1H. The molecule has 3 rings (SSSR count). The lowest BCUT2D eigenvalue weighted by atomic mass is 10.1. The van der Waals surface area contributed by atoms with Crippen LogP contribution in [0.1, 0.15) is 15.9 Å². The second-order valence-corrected chi connectivity index (χ2v) is 7.71. The molecule has 0 aliphatic carbocycles. The van der Waals surface area contributed by atoms with Crippen molar-refractivity contribution in [1.82, 2.24) is 9.80 Å². The van der Waals surface area contributed by atoms with Crippen LogP contribution in [0.3, 0.4) is 0 Å². The van der Waals surface area contributed by atoms with Crippen molar-refractivity contribution in [2.45, 2.75) is 11.4 Å². The van der Waals surface area contributed by atoms with Crippen LogP contribution in [0, 0.1) is 0 Å². The summed E-state index contributed by atoms with van der Waals surface area (Å²) in [5.74, 6) is 1.45. The fourth-order valence-corrected chi connectivity index (χ4v) is 3.89. The van der Waals surface area contributed by atoms with Gasteiger partial charge in [0, 0.05) is 43.2 Å². The minimum atomic E-state index is -0.0202. The molecule has 0 radical (unpaired) electrons. The maximum absolute atomic E-state index is 13.0. The predicted molar refractivity (Wildman–Crippen MR) is 123 cm³/mol. The van der Waals surface area contributed by atoms with E-state index in [1.807, 2.05) is 4.90 Å². The number of carbonyl (C=O) groups is 1. The van der Waals surface area contributed by atoms with Crippen molar-refractivity contribution in [2.24, 2.45) is 0 Å². The van der Waals surface area contributed by atoms with Crippen LogP contribution in [-0.2, 0) is 6.54 Å². The third-order valence-corrected chi connectivity index (χ3v) is 5.88. The Morgan fingerprint density at radius 2 is 1.50 bits per heavy atom. The van der Waals surface area contributed by atoms with E-state index < -0.39 is 0 Å². The Morgan fingerprint density at radius 1 is 0.933 bits per heavy atom. The van der Waals surface area contributed by atoms with E-state index in [-0.39, 0.29) is 18.3 Å². The van der Waals surface area contributed by atoms with E-state index in [0.717, 1.165) is 19.6 Å². The minimum absolute atomic E-state index is 0. The number of nitrogens with zero attached hydrogens (tertiary/aromatic N) is 2. The van der Waals surface area contributed by atoms with E-state index in [1.165, 1.54) is 10.5 Å². The summed E-state index contributed by atoms with van der Waals surface area (Å²) in [5, 5.41) is 0. The minimum Gasteiger partial charge on any atom is -0.493 e. The summed E-state index contributed by atoms with van der Waals surface area (Å²) in [6.07, 6.45) is 2.08. The number of halogens is 1. The Bertz CT molecular complexity index is 815. The summed E-state index contributed by atoms with van der Waals surface area (Å²) in [6, 6.07) is 12.1. The van der Waals surface area contributed by atoms with E-state index in [2.05, 4.69) is 35.4 Å². The molecular formula is C22H29ClN2O4S. The Labute approximate surface area is 188 Å². The van der Waals surface area contributed by atoms with E-state index in [1.54, 1.807) is 45.2 Å². The van der Waals surface area contributed by atoms with Gasteiger partial charge < -0.3 is 19.1 Å². The molecule has 1 aliphatic rings. The van der Waals surface area contributed by atoms with Crippen molar-refractivity contribution in [3.63, 3.8) is 0 Å². The van der Waals surface area contributed by atoms with E-state index in [4.69, 9.17) is 14.2 Å². The maximum atomic E-state index is 13.0. The number of hydrogen-bond donors (Lipinski definition) is 0. The van der Waals surface area contributed by atoms with Crippen molar-refractivity contribution in [2.75, 3.05) is 53.8 Å². The SMILES string of the molecule is COc1cc(C(=O)N2CCN(Cc3ccc(SC)cc3)CC2)cc(OC)c1OC.Cl. The van der Waals surface area contributed by atoms with Crippen molar-refractivity contribution >= 4 is 30.1 Å². The summed E-state index contributed by atoms with van der Waals surface area (Å²) in [6.45, 7) is 3.98. The van der Waals surface area contributed by atoms with Gasteiger partial charge in [0.05, 0.1) is 21.3 Å². The van der Waals surface area contributed by atoms with Gasteiger partial charge in [-0.05, 0) is 36.1 Å². The number of ether oxygens (including phenoxy) is 3. The Morgan fingerprint density at radius 3 is 1.97 bits per heavy atom. The van der Waals surface area contributed by atoms with Crippen molar-refractivity contribution in [3.8, 4) is 17.2 Å². The van der Waals surface area contributed by atoms with Crippen LogP contribution in [0.5, 0.6) is 17.2 Å². The van der Waals surface area contributed by atoms with Crippen LogP contribution in [0.25, 0.3) is 0 Å². The van der Waals surface area contributed by atoms with Gasteiger partial charge in [0.25, 0.3) is 5.91 Å². The van der Waals surface area contributed by atoms with Crippen LogP contribution in [-0.4, -0.2) is 69.5 Å². The largest absolute Gasteiger partial charge is 0.493 e. The molecule has 0 spiro atoms. The van der Waals surface area contributed by atoms with Gasteiger partial charge in [0.1, 0.15) is 0 Å². The first-order valence-electron chi connectivity index (χ1n) is 9.54. The Kier molecular flexibility index (Phi) is 9.14. The molecule has 1 fully saturated rings. The van der Waals surface area contributed by atoms with Gasteiger partial charge in [-0.15, -0.1) is 24.2 Å². The number of methoxy groups -OCH3 is 3. The molecule has 0 bridgehead atoms. The molecular weight excluding hydrogens is 424 g/mol. The average molecular weight is 453 g/mol. The topological polar surface area (TPSA) is 51.2 Å². The summed E-state index contributed by atoms with van der Waals surface area (Å²) in [7, 11) is 4.65. The molecule has 0 saturated carbocycles. The smallest absolute Gasteiger partial charge is 0.254 e. The fourth-order valence-electron chi connectivity index (χ4n) is 3.49. The van der Waals surface area contributed by atoms with Crippen LogP contribution < -0.4 is 14.2 Å². The zero-order valence-corrected chi connectivity index (χ0v) is 19.5. The number of hydrogen-bond acceptors (Lipinski definition) is 6.